The minimum atomic E-state index is -0.00669. The zero-order valence-electron chi connectivity index (χ0n) is 11.3. The molecule has 3 N–H and O–H groups in total. The Morgan fingerprint density at radius 2 is 2.10 bits per heavy atom. The highest BCUT2D eigenvalue weighted by atomic mass is 79.9. The highest BCUT2D eigenvalue weighted by Gasteiger charge is 2.16. The number of nitrogen functional groups attached to an aromatic ring is 1. The Hall–Kier alpha value is -1.38. The van der Waals surface area contributed by atoms with Crippen molar-refractivity contribution >= 4 is 27.4 Å². The summed E-state index contributed by atoms with van der Waals surface area (Å²) in [5.41, 5.74) is 6.99. The normalized spacial score (nSPS) is 15.8. The van der Waals surface area contributed by atoms with Crippen LogP contribution in [0, 0.1) is 11.3 Å². The van der Waals surface area contributed by atoms with Crippen LogP contribution in [0.15, 0.2) is 16.6 Å². The molecule has 1 saturated carbocycles. The molecule has 0 unspecified atom stereocenters. The number of benzene rings is 1. The van der Waals surface area contributed by atoms with Gasteiger partial charge in [0.1, 0.15) is 6.07 Å². The summed E-state index contributed by atoms with van der Waals surface area (Å²) >= 11 is 3.28. The van der Waals surface area contributed by atoms with Crippen LogP contribution in [0.4, 0.5) is 5.69 Å². The average Bonchev–Trinajstić information content (AvgIpc) is 2.48. The highest BCUT2D eigenvalue weighted by Crippen LogP contribution is 2.25. The van der Waals surface area contributed by atoms with Crippen LogP contribution in [0.5, 0.6) is 0 Å². The number of hydrogen-bond acceptors (Lipinski definition) is 4. The third-order valence-electron chi connectivity index (χ3n) is 3.73. The Morgan fingerprint density at radius 3 is 2.75 bits per heavy atom. The molecule has 20 heavy (non-hydrogen) atoms. The van der Waals surface area contributed by atoms with Gasteiger partial charge in [0.15, 0.2) is 5.78 Å². The van der Waals surface area contributed by atoms with Crippen molar-refractivity contribution in [3.8, 4) is 6.07 Å². The lowest BCUT2D eigenvalue weighted by Crippen LogP contribution is -2.35. The van der Waals surface area contributed by atoms with E-state index in [2.05, 4.69) is 21.2 Å². The van der Waals surface area contributed by atoms with Crippen LogP contribution >= 0.6 is 15.9 Å². The van der Waals surface area contributed by atoms with E-state index in [4.69, 9.17) is 11.0 Å². The third kappa shape index (κ3) is 3.59. The minimum Gasteiger partial charge on any atom is -0.397 e. The van der Waals surface area contributed by atoms with Crippen molar-refractivity contribution in [2.24, 2.45) is 0 Å². The Balaban J connectivity index is 2.02. The van der Waals surface area contributed by atoms with Gasteiger partial charge < -0.3 is 11.1 Å². The van der Waals surface area contributed by atoms with Gasteiger partial charge in [-0.1, -0.05) is 19.3 Å². The molecule has 0 bridgehead atoms. The molecule has 0 aliphatic heterocycles. The van der Waals surface area contributed by atoms with Crippen LogP contribution in [-0.2, 0) is 0 Å². The fourth-order valence-corrected chi connectivity index (χ4v) is 2.98. The smallest absolute Gasteiger partial charge is 0.176 e. The Labute approximate surface area is 127 Å². The summed E-state index contributed by atoms with van der Waals surface area (Å²) < 4.78 is 0.595. The van der Waals surface area contributed by atoms with Gasteiger partial charge in [0, 0.05) is 16.1 Å². The molecule has 0 atom stereocenters. The Bertz CT molecular complexity index is 545. The summed E-state index contributed by atoms with van der Waals surface area (Å²) in [4.78, 5) is 12.2. The first-order chi connectivity index (χ1) is 9.61. The molecule has 0 heterocycles. The van der Waals surface area contributed by atoms with Crippen LogP contribution in [-0.4, -0.2) is 18.4 Å². The molecule has 1 fully saturated rings. The first kappa shape index (κ1) is 15.0. The number of ketones is 1. The fraction of sp³-hybridized carbons (Fsp3) is 0.467. The predicted molar refractivity (Wildman–Crippen MR) is 82.5 cm³/mol. The fourth-order valence-electron chi connectivity index (χ4n) is 2.52. The zero-order chi connectivity index (χ0) is 14.5. The van der Waals surface area contributed by atoms with E-state index in [-0.39, 0.29) is 5.78 Å². The first-order valence-electron chi connectivity index (χ1n) is 6.87. The van der Waals surface area contributed by atoms with Crippen molar-refractivity contribution < 1.29 is 4.79 Å². The number of nitrogens with one attached hydrogen (secondary N) is 1. The Morgan fingerprint density at radius 1 is 1.40 bits per heavy atom. The topological polar surface area (TPSA) is 78.9 Å². The third-order valence-corrected chi connectivity index (χ3v) is 4.38. The molecule has 1 aromatic rings. The maximum Gasteiger partial charge on any atom is 0.176 e. The Kier molecular flexibility index (Phi) is 5.16. The lowest BCUT2D eigenvalue weighted by molar-refractivity contribution is 0.0984. The highest BCUT2D eigenvalue weighted by molar-refractivity contribution is 9.10. The second-order valence-corrected chi connectivity index (χ2v) is 6.02. The van der Waals surface area contributed by atoms with Crippen molar-refractivity contribution in [3.05, 3.63) is 27.7 Å². The van der Waals surface area contributed by atoms with Gasteiger partial charge in [-0.3, -0.25) is 4.79 Å². The van der Waals surface area contributed by atoms with E-state index >= 15 is 0 Å². The molecular formula is C15H18BrN3O. The second-order valence-electron chi connectivity index (χ2n) is 5.17. The molecule has 0 radical (unpaired) electrons. The predicted octanol–water partition coefficient (Wildman–Crippen LogP) is 3.01. The number of carbonyl (C=O) groups excluding carboxylic acids is 1. The quantitative estimate of drug-likeness (QED) is 0.654. The number of hydrogen-bond donors (Lipinski definition) is 2. The summed E-state index contributed by atoms with van der Waals surface area (Å²) in [6.45, 7) is 0.311. The molecule has 0 aromatic heterocycles. The number of nitrogens with zero attached hydrogens (tertiary/aromatic N) is 1. The molecule has 0 saturated heterocycles. The SMILES string of the molecule is N#Cc1cc(C(=O)CNC2CCCCC2)cc(Br)c1N. The van der Waals surface area contributed by atoms with E-state index in [1.165, 1.54) is 19.3 Å². The number of carbonyl (C=O) groups is 1. The molecule has 5 heteroatoms. The van der Waals surface area contributed by atoms with Crippen molar-refractivity contribution in [1.29, 1.82) is 5.26 Å². The van der Waals surface area contributed by atoms with E-state index in [0.717, 1.165) is 12.8 Å². The number of halogens is 1. The van der Waals surface area contributed by atoms with E-state index in [0.29, 0.717) is 33.9 Å². The molecule has 1 aliphatic carbocycles. The van der Waals surface area contributed by atoms with Gasteiger partial charge in [0.05, 0.1) is 17.8 Å². The van der Waals surface area contributed by atoms with Gasteiger partial charge in [-0.05, 0) is 40.9 Å². The van der Waals surface area contributed by atoms with Crippen molar-refractivity contribution in [2.75, 3.05) is 12.3 Å². The van der Waals surface area contributed by atoms with E-state index < -0.39 is 0 Å². The average molecular weight is 336 g/mol. The summed E-state index contributed by atoms with van der Waals surface area (Å²) in [5.74, 6) is -0.00669. The number of nitriles is 1. The lowest BCUT2D eigenvalue weighted by atomic mass is 9.95. The molecule has 4 nitrogen and oxygen atoms in total. The zero-order valence-corrected chi connectivity index (χ0v) is 12.9. The second kappa shape index (κ2) is 6.87. The van der Waals surface area contributed by atoms with E-state index in [9.17, 15) is 4.79 Å². The maximum absolute atomic E-state index is 12.2. The number of nitrogens with two attached hydrogens (primary N) is 1. The van der Waals surface area contributed by atoms with Crippen LogP contribution < -0.4 is 11.1 Å². The van der Waals surface area contributed by atoms with Gasteiger partial charge in [-0.2, -0.15) is 5.26 Å². The summed E-state index contributed by atoms with van der Waals surface area (Å²) in [6, 6.07) is 5.70. The van der Waals surface area contributed by atoms with Crippen molar-refractivity contribution in [1.82, 2.24) is 5.32 Å². The molecular weight excluding hydrogens is 318 g/mol. The van der Waals surface area contributed by atoms with Crippen LogP contribution in [0.3, 0.4) is 0 Å². The maximum atomic E-state index is 12.2. The van der Waals surface area contributed by atoms with Gasteiger partial charge in [0.25, 0.3) is 0 Å². The summed E-state index contributed by atoms with van der Waals surface area (Å²) in [5, 5.41) is 12.3. The van der Waals surface area contributed by atoms with Gasteiger partial charge >= 0.3 is 0 Å². The first-order valence-corrected chi connectivity index (χ1v) is 7.67. The molecule has 0 amide bonds. The standard InChI is InChI=1S/C15H18BrN3O/c16-13-7-10(6-11(8-17)15(13)18)14(20)9-19-12-4-2-1-3-5-12/h6-7,12,19H,1-5,9,18H2. The van der Waals surface area contributed by atoms with Crippen LogP contribution in [0.1, 0.15) is 48.0 Å². The van der Waals surface area contributed by atoms with Gasteiger partial charge in [-0.25, -0.2) is 0 Å². The summed E-state index contributed by atoms with van der Waals surface area (Å²) in [6.07, 6.45) is 6.04. The van der Waals surface area contributed by atoms with Gasteiger partial charge in [0.2, 0.25) is 0 Å². The van der Waals surface area contributed by atoms with Gasteiger partial charge in [-0.15, -0.1) is 0 Å². The molecule has 1 aromatic carbocycles. The van der Waals surface area contributed by atoms with Crippen molar-refractivity contribution in [3.63, 3.8) is 0 Å². The van der Waals surface area contributed by atoms with E-state index in [1.807, 2.05) is 6.07 Å². The minimum absolute atomic E-state index is 0.00669. The largest absolute Gasteiger partial charge is 0.397 e. The van der Waals surface area contributed by atoms with Crippen molar-refractivity contribution in [2.45, 2.75) is 38.1 Å². The van der Waals surface area contributed by atoms with Crippen LogP contribution in [0.2, 0.25) is 0 Å². The number of anilines is 1. The monoisotopic (exact) mass is 335 g/mol. The van der Waals surface area contributed by atoms with Crippen LogP contribution in [0.25, 0.3) is 0 Å². The van der Waals surface area contributed by atoms with E-state index in [1.54, 1.807) is 12.1 Å². The number of rotatable bonds is 4. The molecule has 106 valence electrons. The lowest BCUT2D eigenvalue weighted by Gasteiger charge is -2.22. The molecule has 1 aliphatic rings. The molecule has 0 spiro atoms. The molecule has 2 rings (SSSR count). The summed E-state index contributed by atoms with van der Waals surface area (Å²) in [7, 11) is 0. The number of Topliss-reactive ketones (excluding diaryl/α,β-unsaturated/α-hetero) is 1.